The summed E-state index contributed by atoms with van der Waals surface area (Å²) in [4.78, 5) is 28.3. The van der Waals surface area contributed by atoms with Gasteiger partial charge >= 0.3 is 0 Å². The number of aliphatic hydroxyl groups is 1. The third kappa shape index (κ3) is 5.49. The summed E-state index contributed by atoms with van der Waals surface area (Å²) in [5.74, 6) is -0.00630. The van der Waals surface area contributed by atoms with Crippen molar-refractivity contribution in [3.8, 4) is 11.3 Å². The molecule has 7 rings (SSSR count). The number of benzene rings is 2. The predicted octanol–water partition coefficient (Wildman–Crippen LogP) is 7.07. The van der Waals surface area contributed by atoms with Crippen molar-refractivity contribution in [1.82, 2.24) is 24.8 Å². The summed E-state index contributed by atoms with van der Waals surface area (Å²) in [5.41, 5.74) is 4.74. The van der Waals surface area contributed by atoms with Crippen LogP contribution in [0.3, 0.4) is 0 Å². The number of carbonyl (C=O) groups is 1. The Morgan fingerprint density at radius 1 is 1.06 bits per heavy atom. The van der Waals surface area contributed by atoms with Crippen LogP contribution in [0.5, 0.6) is 0 Å². The van der Waals surface area contributed by atoms with Crippen LogP contribution in [-0.2, 0) is 10.2 Å². The Morgan fingerprint density at radius 2 is 1.81 bits per heavy atom. The molecule has 1 aliphatic carbocycles. The van der Waals surface area contributed by atoms with Crippen molar-refractivity contribution in [3.63, 3.8) is 0 Å². The third-order valence-corrected chi connectivity index (χ3v) is 10.7. The van der Waals surface area contributed by atoms with Gasteiger partial charge in [0.1, 0.15) is 17.6 Å². The molecule has 11 heteroatoms. The zero-order valence-corrected chi connectivity index (χ0v) is 28.4. The van der Waals surface area contributed by atoms with Gasteiger partial charge in [0.05, 0.1) is 33.7 Å². The summed E-state index contributed by atoms with van der Waals surface area (Å²) in [7, 11) is 1.59. The fourth-order valence-electron chi connectivity index (χ4n) is 7.50. The van der Waals surface area contributed by atoms with E-state index >= 15 is 4.39 Å². The van der Waals surface area contributed by atoms with Gasteiger partial charge in [0.2, 0.25) is 5.91 Å². The first-order valence-electron chi connectivity index (χ1n) is 16.7. The molecule has 248 valence electrons. The van der Waals surface area contributed by atoms with Gasteiger partial charge < -0.3 is 24.8 Å². The Kier molecular flexibility index (Phi) is 8.27. The van der Waals surface area contributed by atoms with Crippen LogP contribution in [0.25, 0.3) is 22.3 Å². The predicted molar refractivity (Wildman–Crippen MR) is 185 cm³/mol. The number of nitrogens with one attached hydrogen (secondary N) is 2. The van der Waals surface area contributed by atoms with Crippen LogP contribution < -0.4 is 15.5 Å². The van der Waals surface area contributed by atoms with E-state index in [0.717, 1.165) is 48.3 Å². The quantitative estimate of drug-likeness (QED) is 0.174. The summed E-state index contributed by atoms with van der Waals surface area (Å²) in [6.45, 7) is 10.4. The Hall–Kier alpha value is -3.57. The van der Waals surface area contributed by atoms with Crippen LogP contribution >= 0.6 is 11.6 Å². The maximum atomic E-state index is 15.3. The first-order valence-corrected chi connectivity index (χ1v) is 17.1. The number of aromatic nitrogens is 3. The number of nitrogens with zero attached hydrogens (tertiary/aromatic N) is 5. The van der Waals surface area contributed by atoms with E-state index in [1.807, 2.05) is 49.3 Å². The molecule has 3 N–H and O–H groups in total. The highest BCUT2D eigenvalue weighted by molar-refractivity contribution is 6.31. The smallest absolute Gasteiger partial charge is 0.237 e. The number of imidazole rings is 1. The number of hydrogen-bond acceptors (Lipinski definition) is 7. The second-order valence-corrected chi connectivity index (χ2v) is 14.5. The number of anilines is 3. The molecule has 0 bridgehead atoms. The van der Waals surface area contributed by atoms with Crippen molar-refractivity contribution in [1.29, 1.82) is 0 Å². The zero-order valence-electron chi connectivity index (χ0n) is 27.6. The molecule has 1 saturated carbocycles. The van der Waals surface area contributed by atoms with Gasteiger partial charge in [-0.3, -0.25) is 10.1 Å². The van der Waals surface area contributed by atoms with Crippen LogP contribution in [0.15, 0.2) is 42.7 Å². The van der Waals surface area contributed by atoms with E-state index in [-0.39, 0.29) is 28.7 Å². The Morgan fingerprint density at radius 3 is 2.51 bits per heavy atom. The molecule has 47 heavy (non-hydrogen) atoms. The summed E-state index contributed by atoms with van der Waals surface area (Å²) < 4.78 is 17.3. The number of hydrogen-bond donors (Lipinski definition) is 3. The Labute approximate surface area is 280 Å². The summed E-state index contributed by atoms with van der Waals surface area (Å²) in [6, 6.07) is 11.6. The number of rotatable bonds is 8. The standard InChI is InChI=1S/C36H43ClFN7O2/c1-20(2)44-19-40-30-18-28(41-33(32(30)44)42-29-16-24(34(46)39-5)26(37)17-27(29)38)21-9-10-25-31(13-21)45(35(47)36(25,3)4)23-14-22(15-23)43-11-7-6-8-12-43/h9-10,13,16-20,22-23,34,39,46H,6-8,11-12,14-15H2,1-5H3,(H,41,42)/t22-,23+,34?. The van der Waals surface area contributed by atoms with Crippen molar-refractivity contribution >= 4 is 45.7 Å². The fraction of sp³-hybridized carbons (Fsp3) is 0.472. The lowest BCUT2D eigenvalue weighted by Crippen LogP contribution is -2.57. The molecule has 2 aromatic heterocycles. The maximum Gasteiger partial charge on any atom is 0.237 e. The van der Waals surface area contributed by atoms with Gasteiger partial charge in [-0.2, -0.15) is 0 Å². The van der Waals surface area contributed by atoms with Gasteiger partial charge in [-0.25, -0.2) is 14.4 Å². The SMILES string of the molecule is CNC(O)c1cc(Nc2nc(-c3ccc4c(c3)N([C@H]3C[C@@H](N5CCCCC5)C3)C(=O)C4(C)C)cc3ncn(C(C)C)c23)c(F)cc1Cl. The zero-order chi connectivity index (χ0) is 33.2. The molecule has 2 fully saturated rings. The van der Waals surface area contributed by atoms with Crippen LogP contribution in [0.1, 0.15) is 83.2 Å². The van der Waals surface area contributed by atoms with Gasteiger partial charge in [-0.1, -0.05) is 30.2 Å². The molecule has 4 heterocycles. The largest absolute Gasteiger partial charge is 0.374 e. The molecule has 1 saturated heterocycles. The molecule has 1 atom stereocenters. The lowest BCUT2D eigenvalue weighted by molar-refractivity contribution is -0.123. The molecule has 1 unspecified atom stereocenters. The summed E-state index contributed by atoms with van der Waals surface area (Å²) >= 11 is 6.27. The molecule has 4 aromatic rings. The van der Waals surface area contributed by atoms with E-state index in [0.29, 0.717) is 28.6 Å². The van der Waals surface area contributed by atoms with Crippen molar-refractivity contribution < 1.29 is 14.3 Å². The molecule has 0 radical (unpaired) electrons. The van der Waals surface area contributed by atoms with Crippen LogP contribution in [0.2, 0.25) is 5.02 Å². The molecular formula is C36H43ClFN7O2. The number of piperidine rings is 1. The molecular weight excluding hydrogens is 617 g/mol. The molecule has 2 aliphatic heterocycles. The Bertz CT molecular complexity index is 1840. The number of fused-ring (bicyclic) bond motifs is 2. The van der Waals surface area contributed by atoms with Gasteiger partial charge in [0.25, 0.3) is 0 Å². The van der Waals surface area contributed by atoms with Gasteiger partial charge in [-0.15, -0.1) is 0 Å². The lowest BCUT2D eigenvalue weighted by atomic mass is 9.82. The van der Waals surface area contributed by atoms with Crippen molar-refractivity contribution in [2.75, 3.05) is 30.4 Å². The Balaban J connectivity index is 1.28. The van der Waals surface area contributed by atoms with Crippen LogP contribution in [-0.4, -0.2) is 62.7 Å². The fourth-order valence-corrected chi connectivity index (χ4v) is 7.75. The minimum Gasteiger partial charge on any atom is -0.374 e. The van der Waals surface area contributed by atoms with Gasteiger partial charge in [0.15, 0.2) is 5.82 Å². The van der Waals surface area contributed by atoms with Crippen LogP contribution in [0.4, 0.5) is 21.6 Å². The van der Waals surface area contributed by atoms with Crippen molar-refractivity contribution in [3.05, 3.63) is 64.7 Å². The summed E-state index contributed by atoms with van der Waals surface area (Å²) in [5, 5.41) is 16.5. The highest BCUT2D eigenvalue weighted by Crippen LogP contribution is 2.48. The van der Waals surface area contributed by atoms with E-state index in [1.165, 1.54) is 31.4 Å². The van der Waals surface area contributed by atoms with Gasteiger partial charge in [-0.05, 0) is 103 Å². The number of likely N-dealkylation sites (tertiary alicyclic amines) is 1. The van der Waals surface area contributed by atoms with E-state index in [4.69, 9.17) is 21.6 Å². The molecule has 1 amide bonds. The third-order valence-electron chi connectivity index (χ3n) is 10.4. The van der Waals surface area contributed by atoms with Crippen LogP contribution in [0, 0.1) is 5.82 Å². The number of carbonyl (C=O) groups excluding carboxylic acids is 1. The average Bonchev–Trinajstić information content (AvgIpc) is 3.55. The normalized spacial score (nSPS) is 21.7. The summed E-state index contributed by atoms with van der Waals surface area (Å²) in [6.07, 6.45) is 6.51. The van der Waals surface area contributed by atoms with Crippen molar-refractivity contribution in [2.24, 2.45) is 0 Å². The van der Waals surface area contributed by atoms with Gasteiger partial charge in [0, 0.05) is 34.9 Å². The minimum absolute atomic E-state index is 0.0722. The molecule has 0 spiro atoms. The highest BCUT2D eigenvalue weighted by Gasteiger charge is 2.50. The minimum atomic E-state index is -1.07. The van der Waals surface area contributed by atoms with E-state index in [2.05, 4.69) is 27.7 Å². The molecule has 9 nitrogen and oxygen atoms in total. The van der Waals surface area contributed by atoms with E-state index in [1.54, 1.807) is 13.4 Å². The lowest BCUT2D eigenvalue weighted by Gasteiger charge is -2.48. The molecule has 3 aliphatic rings. The van der Waals surface area contributed by atoms with E-state index in [9.17, 15) is 9.90 Å². The first-order chi connectivity index (χ1) is 22.5. The monoisotopic (exact) mass is 659 g/mol. The average molecular weight is 660 g/mol. The second-order valence-electron chi connectivity index (χ2n) is 14.0. The highest BCUT2D eigenvalue weighted by atomic mass is 35.5. The number of amides is 1. The number of aliphatic hydroxyl groups excluding tert-OH is 1. The number of pyridine rings is 1. The van der Waals surface area contributed by atoms with E-state index < -0.39 is 17.5 Å². The number of halogens is 2. The topological polar surface area (TPSA) is 98.6 Å². The molecule has 2 aromatic carbocycles. The van der Waals surface area contributed by atoms with Crippen molar-refractivity contribution in [2.45, 2.75) is 89.6 Å². The second kappa shape index (κ2) is 12.1. The maximum absolute atomic E-state index is 15.3. The first kappa shape index (κ1) is 32.0.